The van der Waals surface area contributed by atoms with Gasteiger partial charge in [-0.05, 0) is 85.8 Å². The Morgan fingerprint density at radius 2 is 1.69 bits per heavy atom. The number of nitrogens with zero attached hydrogens (tertiary/aromatic N) is 6. The number of rotatable bonds is 8. The summed E-state index contributed by atoms with van der Waals surface area (Å²) >= 11 is 0. The molecular weight excluding hydrogens is 612 g/mol. The van der Waals surface area contributed by atoms with E-state index in [1.807, 2.05) is 17.0 Å². The zero-order valence-corrected chi connectivity index (χ0v) is 27.6. The van der Waals surface area contributed by atoms with Crippen molar-refractivity contribution in [3.8, 4) is 23.3 Å². The van der Waals surface area contributed by atoms with E-state index in [-0.39, 0.29) is 17.7 Å². The largest absolute Gasteiger partial charge is 0.494 e. The molecule has 2 aromatic heterocycles. The van der Waals surface area contributed by atoms with Crippen LogP contribution in [-0.4, -0.2) is 68.5 Å². The highest BCUT2D eigenvalue weighted by Crippen LogP contribution is 2.60. The van der Waals surface area contributed by atoms with Gasteiger partial charge < -0.3 is 23.7 Å². The third-order valence-corrected chi connectivity index (χ3v) is 12.2. The molecule has 4 atom stereocenters. The molecule has 0 radical (unpaired) electrons. The minimum Gasteiger partial charge on any atom is -0.494 e. The number of imidazole rings is 1. The van der Waals surface area contributed by atoms with Crippen LogP contribution in [0.25, 0.3) is 33.5 Å². The van der Waals surface area contributed by atoms with Gasteiger partial charge in [-0.2, -0.15) is 5.26 Å². The van der Waals surface area contributed by atoms with Crippen LogP contribution in [0, 0.1) is 40.9 Å². The maximum Gasteiger partial charge on any atom is 0.255 e. The van der Waals surface area contributed by atoms with E-state index in [4.69, 9.17) is 9.72 Å². The van der Waals surface area contributed by atoms with E-state index in [9.17, 15) is 14.9 Å². The molecule has 0 bridgehead atoms. The molecule has 3 unspecified atom stereocenters. The summed E-state index contributed by atoms with van der Waals surface area (Å²) in [5.41, 5.74) is 5.38. The highest BCUT2D eigenvalue weighted by atomic mass is 16.5. The van der Waals surface area contributed by atoms with Crippen LogP contribution < -0.4 is 4.74 Å². The molecule has 9 heteroatoms. The van der Waals surface area contributed by atoms with Gasteiger partial charge in [-0.25, -0.2) is 4.98 Å². The monoisotopic (exact) mass is 650 g/mol. The lowest BCUT2D eigenvalue weighted by Gasteiger charge is -2.52. The van der Waals surface area contributed by atoms with Gasteiger partial charge in [0.05, 0.1) is 35.5 Å². The summed E-state index contributed by atoms with van der Waals surface area (Å²) in [4.78, 5) is 36.7. The van der Waals surface area contributed by atoms with Gasteiger partial charge in [0.15, 0.2) is 5.82 Å². The Bertz CT molecular complexity index is 2230. The van der Waals surface area contributed by atoms with Crippen LogP contribution in [0.2, 0.25) is 0 Å². The zero-order valence-electron chi connectivity index (χ0n) is 27.6. The number of ether oxygens (including phenoxy) is 1. The van der Waals surface area contributed by atoms with Crippen molar-refractivity contribution >= 4 is 33.8 Å². The van der Waals surface area contributed by atoms with E-state index in [1.54, 1.807) is 31.4 Å². The van der Waals surface area contributed by atoms with Crippen LogP contribution >= 0.6 is 0 Å². The minimum atomic E-state index is -0.109. The number of methoxy groups -OCH3 is 1. The van der Waals surface area contributed by atoms with Crippen molar-refractivity contribution in [1.82, 2.24) is 23.9 Å². The first-order valence-electron chi connectivity index (χ1n) is 17.7. The van der Waals surface area contributed by atoms with Gasteiger partial charge >= 0.3 is 0 Å². The number of nitriles is 1. The molecule has 2 amide bonds. The first-order chi connectivity index (χ1) is 24.0. The van der Waals surface area contributed by atoms with E-state index in [2.05, 4.69) is 50.4 Å². The maximum atomic E-state index is 14.0. The summed E-state index contributed by atoms with van der Waals surface area (Å²) in [5, 5.41) is 10.8. The molecule has 3 aliphatic carbocycles. The molecule has 5 fully saturated rings. The normalized spacial score (nSPS) is 23.9. The summed E-state index contributed by atoms with van der Waals surface area (Å²) in [5.74, 6) is 4.53. The minimum absolute atomic E-state index is 0.0859. The topological polar surface area (TPSA) is 96.4 Å². The molecule has 10 rings (SSSR count). The first-order valence-corrected chi connectivity index (χ1v) is 17.7. The Labute approximate surface area is 284 Å². The fraction of sp³-hybridized carbons (Fsp3) is 0.400. The molecule has 9 nitrogen and oxygen atoms in total. The van der Waals surface area contributed by atoms with Crippen molar-refractivity contribution in [3.63, 3.8) is 0 Å². The molecule has 5 aliphatic rings. The number of amides is 2. The van der Waals surface area contributed by atoms with Crippen molar-refractivity contribution in [2.24, 2.45) is 29.6 Å². The number of likely N-dealkylation sites (tertiary alicyclic amines) is 2. The number of benzene rings is 3. The molecule has 0 spiro atoms. The van der Waals surface area contributed by atoms with Crippen molar-refractivity contribution in [1.29, 1.82) is 5.26 Å². The predicted octanol–water partition coefficient (Wildman–Crippen LogP) is 6.20. The third kappa shape index (κ3) is 4.39. The van der Waals surface area contributed by atoms with Crippen LogP contribution in [0.15, 0.2) is 66.7 Å². The molecule has 5 aromatic rings. The van der Waals surface area contributed by atoms with E-state index in [1.165, 1.54) is 30.2 Å². The summed E-state index contributed by atoms with van der Waals surface area (Å²) in [6.45, 7) is 3.62. The molecule has 49 heavy (non-hydrogen) atoms. The number of hydrogen-bond acceptors (Lipinski definition) is 5. The standard InChI is InChI=1S/C40H38N6O3/c1-49-35-16-28(39(47)45-22-29-12-27-15-33(45)36(27)29)13-31-37(35)46(21-24-18-43(19-24)40(48)30-8-4-2-7-26(30)17-41)38(42-31)34-14-25-6-3-5-9-32(25)44(34)20-23-10-11-23/h2-9,13-14,16,23-24,27,29,33,36H,10-12,15,18-22H2,1H3/t27?,29?,33?,36-/m1/s1. The highest BCUT2D eigenvalue weighted by molar-refractivity contribution is 6.01. The number of carbonyl (C=O) groups is 2. The summed E-state index contributed by atoms with van der Waals surface area (Å²) in [6, 6.07) is 24.2. The molecule has 2 saturated heterocycles. The zero-order chi connectivity index (χ0) is 33.0. The van der Waals surface area contributed by atoms with Crippen LogP contribution in [0.1, 0.15) is 52.0 Å². The fourth-order valence-electron chi connectivity index (χ4n) is 9.44. The number of aromatic nitrogens is 3. The van der Waals surface area contributed by atoms with Gasteiger partial charge in [0.1, 0.15) is 11.3 Å². The fourth-order valence-corrected chi connectivity index (χ4v) is 9.44. The lowest BCUT2D eigenvalue weighted by Crippen LogP contribution is -2.53. The number of para-hydroxylation sites is 1. The van der Waals surface area contributed by atoms with Gasteiger partial charge in [0.2, 0.25) is 0 Å². The Morgan fingerprint density at radius 1 is 0.898 bits per heavy atom. The number of carbonyl (C=O) groups excluding carboxylic acids is 2. The molecule has 4 heterocycles. The van der Waals surface area contributed by atoms with Crippen molar-refractivity contribution in [3.05, 3.63) is 83.4 Å². The summed E-state index contributed by atoms with van der Waals surface area (Å²) < 4.78 is 10.8. The third-order valence-electron chi connectivity index (χ3n) is 12.2. The van der Waals surface area contributed by atoms with E-state index in [0.29, 0.717) is 65.9 Å². The van der Waals surface area contributed by atoms with Gasteiger partial charge in [-0.3, -0.25) is 9.59 Å². The second-order valence-electron chi connectivity index (χ2n) is 15.1. The predicted molar refractivity (Wildman–Crippen MR) is 185 cm³/mol. The van der Waals surface area contributed by atoms with Gasteiger partial charge in [0.25, 0.3) is 11.8 Å². The first kappa shape index (κ1) is 28.9. The lowest BCUT2D eigenvalue weighted by molar-refractivity contribution is -0.0204. The summed E-state index contributed by atoms with van der Waals surface area (Å²) in [6.07, 6.45) is 4.88. The summed E-state index contributed by atoms with van der Waals surface area (Å²) in [7, 11) is 1.67. The van der Waals surface area contributed by atoms with Crippen molar-refractivity contribution in [2.75, 3.05) is 26.7 Å². The average Bonchev–Trinajstić information content (AvgIpc) is 3.75. The number of fused-ring (bicyclic) bond motifs is 2. The number of hydrogen-bond donors (Lipinski definition) is 0. The lowest BCUT2D eigenvalue weighted by atomic mass is 9.53. The SMILES string of the molecule is COc1cc(C(=O)N2CC3CC4CC2[C@H]43)cc2nc(-c3cc4ccccc4n3CC3CC3)n(CC3CN(C(=O)c4ccccc4C#N)C3)c12. The van der Waals surface area contributed by atoms with Gasteiger partial charge in [-0.1, -0.05) is 30.3 Å². The Balaban J connectivity index is 1.04. The quantitative estimate of drug-likeness (QED) is 0.199. The van der Waals surface area contributed by atoms with E-state index >= 15 is 0 Å². The Kier molecular flexibility index (Phi) is 6.30. The van der Waals surface area contributed by atoms with Gasteiger partial charge in [0, 0.05) is 61.1 Å². The second kappa shape index (κ2) is 10.7. The van der Waals surface area contributed by atoms with Crippen molar-refractivity contribution in [2.45, 2.75) is 44.8 Å². The van der Waals surface area contributed by atoms with E-state index < -0.39 is 0 Å². The molecule has 3 saturated carbocycles. The molecule has 3 aromatic carbocycles. The smallest absolute Gasteiger partial charge is 0.255 e. The molecule has 246 valence electrons. The van der Waals surface area contributed by atoms with Gasteiger partial charge in [-0.15, -0.1) is 0 Å². The van der Waals surface area contributed by atoms with Crippen molar-refractivity contribution < 1.29 is 14.3 Å². The molecular formula is C40H38N6O3. The van der Waals surface area contributed by atoms with Crippen LogP contribution in [-0.2, 0) is 13.1 Å². The molecule has 0 N–H and O–H groups in total. The Morgan fingerprint density at radius 3 is 2.47 bits per heavy atom. The Hall–Kier alpha value is -5.10. The molecule has 2 aliphatic heterocycles. The second-order valence-corrected chi connectivity index (χ2v) is 15.1. The van der Waals surface area contributed by atoms with Crippen LogP contribution in [0.3, 0.4) is 0 Å². The van der Waals surface area contributed by atoms with Crippen LogP contribution in [0.4, 0.5) is 0 Å². The van der Waals surface area contributed by atoms with E-state index in [0.717, 1.165) is 48.0 Å². The maximum absolute atomic E-state index is 14.0. The van der Waals surface area contributed by atoms with Crippen LogP contribution in [0.5, 0.6) is 5.75 Å². The average molecular weight is 651 g/mol. The highest BCUT2D eigenvalue weighted by Gasteiger charge is 2.61.